The van der Waals surface area contributed by atoms with Gasteiger partial charge < -0.3 is 4.90 Å². The average molecular weight is 360 g/mol. The second kappa shape index (κ2) is 7.42. The number of hydrogen-bond donors (Lipinski definition) is 0. The summed E-state index contributed by atoms with van der Waals surface area (Å²) in [5.74, 6) is 0. The van der Waals surface area contributed by atoms with Crippen molar-refractivity contribution in [3.05, 3.63) is 68.2 Å². The number of piperazine rings is 1. The maximum Gasteiger partial charge on any atom is 0.288 e. The fraction of sp³-hybridized carbons (Fsp3) is 0.368. The summed E-state index contributed by atoms with van der Waals surface area (Å²) < 4.78 is 0. The van der Waals surface area contributed by atoms with Crippen molar-refractivity contribution in [2.75, 3.05) is 31.1 Å². The lowest BCUT2D eigenvalue weighted by Crippen LogP contribution is -2.46. The number of halogens is 1. The molecule has 3 rings (SSSR count). The summed E-state index contributed by atoms with van der Waals surface area (Å²) in [6.45, 7) is 8.76. The number of benzene rings is 2. The van der Waals surface area contributed by atoms with Gasteiger partial charge >= 0.3 is 0 Å². The van der Waals surface area contributed by atoms with Crippen LogP contribution in [0.5, 0.6) is 0 Å². The molecule has 0 amide bonds. The Morgan fingerprint density at radius 2 is 1.80 bits per heavy atom. The zero-order valence-corrected chi connectivity index (χ0v) is 15.3. The first-order valence-electron chi connectivity index (χ1n) is 8.41. The van der Waals surface area contributed by atoms with Crippen LogP contribution in [0.1, 0.15) is 16.7 Å². The summed E-state index contributed by atoms with van der Waals surface area (Å²) in [6, 6.07) is 11.6. The van der Waals surface area contributed by atoms with Crippen LogP contribution in [-0.4, -0.2) is 36.0 Å². The molecule has 1 heterocycles. The van der Waals surface area contributed by atoms with Crippen molar-refractivity contribution in [1.29, 1.82) is 0 Å². The van der Waals surface area contributed by atoms with E-state index in [2.05, 4.69) is 41.8 Å². The third-order valence-electron chi connectivity index (χ3n) is 4.69. The van der Waals surface area contributed by atoms with E-state index in [-0.39, 0.29) is 10.7 Å². The van der Waals surface area contributed by atoms with E-state index in [1.54, 1.807) is 12.1 Å². The fourth-order valence-electron chi connectivity index (χ4n) is 3.26. The Hall–Kier alpha value is -2.11. The maximum absolute atomic E-state index is 11.0. The molecule has 0 bridgehead atoms. The van der Waals surface area contributed by atoms with E-state index in [0.717, 1.165) is 31.7 Å². The highest BCUT2D eigenvalue weighted by atomic mass is 35.5. The summed E-state index contributed by atoms with van der Waals surface area (Å²) >= 11 is 5.89. The van der Waals surface area contributed by atoms with E-state index in [4.69, 9.17) is 11.6 Å². The van der Waals surface area contributed by atoms with E-state index in [1.807, 2.05) is 6.07 Å². The molecule has 2 aromatic rings. The minimum Gasteiger partial charge on any atom is -0.369 e. The highest BCUT2D eigenvalue weighted by molar-refractivity contribution is 6.32. The van der Waals surface area contributed by atoms with Crippen molar-refractivity contribution >= 4 is 23.0 Å². The third-order valence-corrected chi connectivity index (χ3v) is 5.01. The van der Waals surface area contributed by atoms with Crippen molar-refractivity contribution in [3.8, 4) is 0 Å². The normalized spacial score (nSPS) is 15.4. The van der Waals surface area contributed by atoms with Crippen molar-refractivity contribution in [3.63, 3.8) is 0 Å². The van der Waals surface area contributed by atoms with Crippen LogP contribution >= 0.6 is 11.6 Å². The maximum atomic E-state index is 11.0. The molecular weight excluding hydrogens is 338 g/mol. The standard InChI is InChI=1S/C19H22ClN3O2/c1-14-3-4-15(2)18(11-14)22-9-7-21(8-10-22)13-16-5-6-17(20)19(12-16)23(24)25/h3-6,11-12H,7-10,13H2,1-2H3. The molecule has 0 aliphatic carbocycles. The van der Waals surface area contributed by atoms with Gasteiger partial charge in [0.05, 0.1) is 4.92 Å². The lowest BCUT2D eigenvalue weighted by atomic mass is 10.1. The van der Waals surface area contributed by atoms with E-state index in [9.17, 15) is 10.1 Å². The molecule has 1 aliphatic heterocycles. The second-order valence-corrected chi connectivity index (χ2v) is 7.00. The molecule has 0 spiro atoms. The van der Waals surface area contributed by atoms with Crippen LogP contribution in [0.25, 0.3) is 0 Å². The van der Waals surface area contributed by atoms with Gasteiger partial charge in [-0.25, -0.2) is 0 Å². The minimum absolute atomic E-state index is 0.0202. The summed E-state index contributed by atoms with van der Waals surface area (Å²) in [5, 5.41) is 11.2. The zero-order valence-electron chi connectivity index (χ0n) is 14.5. The number of anilines is 1. The van der Waals surface area contributed by atoms with Gasteiger partial charge in [-0.3, -0.25) is 15.0 Å². The first kappa shape index (κ1) is 17.7. The van der Waals surface area contributed by atoms with Crippen LogP contribution in [0, 0.1) is 24.0 Å². The highest BCUT2D eigenvalue weighted by Gasteiger charge is 2.20. The Labute approximate surface area is 153 Å². The Balaban J connectivity index is 1.64. The highest BCUT2D eigenvalue weighted by Crippen LogP contribution is 2.27. The molecular formula is C19H22ClN3O2. The Morgan fingerprint density at radius 1 is 1.08 bits per heavy atom. The predicted molar refractivity (Wildman–Crippen MR) is 102 cm³/mol. The molecule has 0 N–H and O–H groups in total. The van der Waals surface area contributed by atoms with E-state index >= 15 is 0 Å². The lowest BCUT2D eigenvalue weighted by Gasteiger charge is -2.37. The van der Waals surface area contributed by atoms with Crippen molar-refractivity contribution < 1.29 is 4.92 Å². The van der Waals surface area contributed by atoms with E-state index < -0.39 is 4.92 Å². The zero-order chi connectivity index (χ0) is 18.0. The topological polar surface area (TPSA) is 49.6 Å². The fourth-order valence-corrected chi connectivity index (χ4v) is 3.45. The molecule has 132 valence electrons. The molecule has 1 saturated heterocycles. The number of rotatable bonds is 4. The lowest BCUT2D eigenvalue weighted by molar-refractivity contribution is -0.384. The van der Waals surface area contributed by atoms with Gasteiger partial charge in [-0.15, -0.1) is 0 Å². The molecule has 1 aliphatic rings. The van der Waals surface area contributed by atoms with Gasteiger partial charge in [0.1, 0.15) is 5.02 Å². The smallest absolute Gasteiger partial charge is 0.288 e. The molecule has 0 atom stereocenters. The van der Waals surface area contributed by atoms with Gasteiger partial charge in [0.15, 0.2) is 0 Å². The van der Waals surface area contributed by atoms with E-state index in [0.29, 0.717) is 6.54 Å². The molecule has 0 aromatic heterocycles. The molecule has 0 unspecified atom stereocenters. The van der Waals surface area contributed by atoms with Gasteiger partial charge in [-0.1, -0.05) is 29.8 Å². The summed E-state index contributed by atoms with van der Waals surface area (Å²) in [6.07, 6.45) is 0. The monoisotopic (exact) mass is 359 g/mol. The largest absolute Gasteiger partial charge is 0.369 e. The van der Waals surface area contributed by atoms with Crippen LogP contribution in [0.15, 0.2) is 36.4 Å². The van der Waals surface area contributed by atoms with Crippen LogP contribution in [0.4, 0.5) is 11.4 Å². The first-order valence-corrected chi connectivity index (χ1v) is 8.79. The predicted octanol–water partition coefficient (Wildman–Crippen LogP) is 4.19. The van der Waals surface area contributed by atoms with Crippen LogP contribution in [0.3, 0.4) is 0 Å². The van der Waals surface area contributed by atoms with E-state index in [1.165, 1.54) is 16.8 Å². The van der Waals surface area contributed by atoms with Gasteiger partial charge in [0.25, 0.3) is 5.69 Å². The Kier molecular flexibility index (Phi) is 5.25. The number of nitro groups is 1. The third kappa shape index (κ3) is 4.11. The first-order chi connectivity index (χ1) is 11.9. The van der Waals surface area contributed by atoms with Crippen molar-refractivity contribution in [2.45, 2.75) is 20.4 Å². The van der Waals surface area contributed by atoms with Gasteiger partial charge in [0.2, 0.25) is 0 Å². The van der Waals surface area contributed by atoms with Crippen LogP contribution in [0.2, 0.25) is 5.02 Å². The SMILES string of the molecule is Cc1ccc(C)c(N2CCN(Cc3ccc(Cl)c([N+](=O)[O-])c3)CC2)c1. The van der Waals surface area contributed by atoms with Gasteiger partial charge in [-0.2, -0.15) is 0 Å². The van der Waals surface area contributed by atoms with Gasteiger partial charge in [0, 0.05) is 44.5 Å². The van der Waals surface area contributed by atoms with Crippen molar-refractivity contribution in [1.82, 2.24) is 4.90 Å². The quantitative estimate of drug-likeness (QED) is 0.606. The second-order valence-electron chi connectivity index (χ2n) is 6.60. The Morgan fingerprint density at radius 3 is 2.48 bits per heavy atom. The number of hydrogen-bond acceptors (Lipinski definition) is 4. The molecule has 0 radical (unpaired) electrons. The summed E-state index contributed by atoms with van der Waals surface area (Å²) in [7, 11) is 0. The molecule has 6 heteroatoms. The number of nitro benzene ring substituents is 1. The summed E-state index contributed by atoms with van der Waals surface area (Å²) in [4.78, 5) is 15.3. The molecule has 2 aromatic carbocycles. The molecule has 5 nitrogen and oxygen atoms in total. The van der Waals surface area contributed by atoms with Gasteiger partial charge in [-0.05, 0) is 42.7 Å². The summed E-state index contributed by atoms with van der Waals surface area (Å²) in [5.41, 5.74) is 4.79. The average Bonchev–Trinajstić information content (AvgIpc) is 2.59. The number of nitrogens with zero attached hydrogens (tertiary/aromatic N) is 3. The minimum atomic E-state index is -0.426. The van der Waals surface area contributed by atoms with Crippen LogP contribution in [-0.2, 0) is 6.54 Å². The number of aryl methyl sites for hydroxylation is 2. The van der Waals surface area contributed by atoms with Crippen LogP contribution < -0.4 is 4.90 Å². The van der Waals surface area contributed by atoms with Crippen molar-refractivity contribution in [2.24, 2.45) is 0 Å². The molecule has 1 fully saturated rings. The molecule has 0 saturated carbocycles. The Bertz CT molecular complexity index is 786. The molecule has 25 heavy (non-hydrogen) atoms.